The largest absolute Gasteiger partial charge is 0.339 e. The Morgan fingerprint density at radius 2 is 2.19 bits per heavy atom. The molecule has 3 aromatic rings. The molecule has 1 amide bonds. The van der Waals surface area contributed by atoms with E-state index in [9.17, 15) is 4.79 Å². The highest BCUT2D eigenvalue weighted by Gasteiger charge is 2.24. The molecule has 1 aliphatic heterocycles. The van der Waals surface area contributed by atoms with Gasteiger partial charge in [-0.1, -0.05) is 35.5 Å². The summed E-state index contributed by atoms with van der Waals surface area (Å²) < 4.78 is 5.42. The predicted molar refractivity (Wildman–Crippen MR) is 106 cm³/mol. The maximum Gasteiger partial charge on any atom is 0.246 e. The van der Waals surface area contributed by atoms with Gasteiger partial charge in [0.1, 0.15) is 0 Å². The smallest absolute Gasteiger partial charge is 0.246 e. The Hall–Kier alpha value is -2.73. The number of rotatable bonds is 5. The molecular formula is C21H21N3O2S. The molecule has 0 radical (unpaired) electrons. The lowest BCUT2D eigenvalue weighted by Gasteiger charge is -2.31. The molecule has 0 aliphatic carbocycles. The summed E-state index contributed by atoms with van der Waals surface area (Å²) in [6.45, 7) is 1.53. The fraction of sp³-hybridized carbons (Fsp3) is 0.286. The van der Waals surface area contributed by atoms with Crippen LogP contribution in [0.3, 0.4) is 0 Å². The average molecular weight is 379 g/mol. The molecule has 6 heteroatoms. The number of hydrogen-bond acceptors (Lipinski definition) is 5. The number of hydrogen-bond donors (Lipinski definition) is 0. The van der Waals surface area contributed by atoms with E-state index in [-0.39, 0.29) is 5.91 Å². The molecule has 5 nitrogen and oxygen atoms in total. The number of carbonyl (C=O) groups excluding carboxylic acids is 1. The number of benzene rings is 1. The van der Waals surface area contributed by atoms with Gasteiger partial charge >= 0.3 is 0 Å². The number of piperidine rings is 1. The summed E-state index contributed by atoms with van der Waals surface area (Å²) in [5.41, 5.74) is 2.02. The van der Waals surface area contributed by atoms with Crippen LogP contribution in [0.15, 0.2) is 57.8 Å². The first-order chi connectivity index (χ1) is 13.3. The van der Waals surface area contributed by atoms with E-state index in [2.05, 4.69) is 10.1 Å². The zero-order chi connectivity index (χ0) is 18.5. The Labute approximate surface area is 162 Å². The van der Waals surface area contributed by atoms with Gasteiger partial charge in [-0.2, -0.15) is 16.3 Å². The summed E-state index contributed by atoms with van der Waals surface area (Å²) in [5.74, 6) is 1.70. The van der Waals surface area contributed by atoms with Crippen molar-refractivity contribution in [2.75, 3.05) is 13.1 Å². The number of amides is 1. The number of aromatic nitrogens is 2. The van der Waals surface area contributed by atoms with Crippen molar-refractivity contribution in [3.63, 3.8) is 0 Å². The summed E-state index contributed by atoms with van der Waals surface area (Å²) in [5, 5.41) is 8.08. The maximum absolute atomic E-state index is 12.5. The number of nitrogens with zero attached hydrogens (tertiary/aromatic N) is 3. The third-order valence-electron chi connectivity index (χ3n) is 4.76. The number of carbonyl (C=O) groups is 1. The van der Waals surface area contributed by atoms with Gasteiger partial charge in [0.15, 0.2) is 0 Å². The molecule has 1 unspecified atom stereocenters. The zero-order valence-electron chi connectivity index (χ0n) is 15.0. The second-order valence-corrected chi connectivity index (χ2v) is 7.54. The maximum atomic E-state index is 12.5. The van der Waals surface area contributed by atoms with Crippen LogP contribution in [-0.2, 0) is 11.2 Å². The molecule has 1 atom stereocenters. The molecule has 0 spiro atoms. The minimum absolute atomic E-state index is 0.0630. The van der Waals surface area contributed by atoms with Gasteiger partial charge < -0.3 is 9.42 Å². The first-order valence-corrected chi connectivity index (χ1v) is 10.1. The molecular weight excluding hydrogens is 358 g/mol. The SMILES string of the molecule is O=C(/C=C/c1ccccc1)N1CCCC(Cc2nc(-c3ccsc3)no2)C1. The van der Waals surface area contributed by atoms with Gasteiger partial charge in [-0.25, -0.2) is 0 Å². The molecule has 0 N–H and O–H groups in total. The van der Waals surface area contributed by atoms with Gasteiger partial charge in [-0.15, -0.1) is 0 Å². The van der Waals surface area contributed by atoms with E-state index in [1.807, 2.05) is 58.1 Å². The fourth-order valence-electron chi connectivity index (χ4n) is 3.36. The number of likely N-dealkylation sites (tertiary alicyclic amines) is 1. The Balaban J connectivity index is 1.35. The standard InChI is InChI=1S/C21H21N3O2S/c25-20(9-8-16-5-2-1-3-6-16)24-11-4-7-17(14-24)13-19-22-21(23-26-19)18-10-12-27-15-18/h1-3,5-6,8-10,12,15,17H,4,7,11,13-14H2/b9-8+. The second kappa shape index (κ2) is 8.31. The van der Waals surface area contributed by atoms with Crippen molar-refractivity contribution in [2.24, 2.45) is 5.92 Å². The Bertz CT molecular complexity index is 903. The van der Waals surface area contributed by atoms with E-state index in [1.54, 1.807) is 17.4 Å². The van der Waals surface area contributed by atoms with Crippen molar-refractivity contribution < 1.29 is 9.32 Å². The van der Waals surface area contributed by atoms with Crippen molar-refractivity contribution in [1.82, 2.24) is 15.0 Å². The van der Waals surface area contributed by atoms with Gasteiger partial charge in [0.05, 0.1) is 0 Å². The van der Waals surface area contributed by atoms with Gasteiger partial charge in [0, 0.05) is 36.5 Å². The van der Waals surface area contributed by atoms with E-state index < -0.39 is 0 Å². The zero-order valence-corrected chi connectivity index (χ0v) is 15.8. The van der Waals surface area contributed by atoms with Crippen LogP contribution in [0, 0.1) is 5.92 Å². The van der Waals surface area contributed by atoms with Gasteiger partial charge in [-0.05, 0) is 41.8 Å². The monoisotopic (exact) mass is 379 g/mol. The minimum atomic E-state index is 0.0630. The topological polar surface area (TPSA) is 59.2 Å². The van der Waals surface area contributed by atoms with E-state index in [4.69, 9.17) is 4.52 Å². The first kappa shape index (κ1) is 17.7. The van der Waals surface area contributed by atoms with Crippen molar-refractivity contribution in [2.45, 2.75) is 19.3 Å². The highest BCUT2D eigenvalue weighted by Crippen LogP contribution is 2.23. The lowest BCUT2D eigenvalue weighted by Crippen LogP contribution is -2.39. The van der Waals surface area contributed by atoms with Crippen LogP contribution in [0.5, 0.6) is 0 Å². The summed E-state index contributed by atoms with van der Waals surface area (Å²) in [7, 11) is 0. The molecule has 1 aromatic carbocycles. The molecule has 1 fully saturated rings. The Morgan fingerprint density at radius 1 is 1.30 bits per heavy atom. The molecule has 27 heavy (non-hydrogen) atoms. The molecule has 138 valence electrons. The van der Waals surface area contributed by atoms with E-state index in [1.165, 1.54) is 0 Å². The highest BCUT2D eigenvalue weighted by atomic mass is 32.1. The van der Waals surface area contributed by atoms with Gasteiger partial charge in [0.25, 0.3) is 0 Å². The normalized spacial score (nSPS) is 17.5. The van der Waals surface area contributed by atoms with Crippen molar-refractivity contribution in [1.29, 1.82) is 0 Å². The Morgan fingerprint density at radius 3 is 3.00 bits per heavy atom. The van der Waals surface area contributed by atoms with Crippen LogP contribution in [0.1, 0.15) is 24.3 Å². The van der Waals surface area contributed by atoms with Crippen LogP contribution < -0.4 is 0 Å². The Kier molecular flexibility index (Phi) is 5.44. The van der Waals surface area contributed by atoms with Crippen molar-refractivity contribution in [3.05, 3.63) is 64.7 Å². The van der Waals surface area contributed by atoms with Gasteiger partial charge in [0.2, 0.25) is 17.6 Å². The van der Waals surface area contributed by atoms with Crippen LogP contribution >= 0.6 is 11.3 Å². The molecule has 1 saturated heterocycles. The summed E-state index contributed by atoms with van der Waals surface area (Å²) >= 11 is 1.61. The third-order valence-corrected chi connectivity index (χ3v) is 5.44. The predicted octanol–water partition coefficient (Wildman–Crippen LogP) is 4.29. The highest BCUT2D eigenvalue weighted by molar-refractivity contribution is 7.08. The lowest BCUT2D eigenvalue weighted by atomic mass is 9.94. The molecule has 2 aromatic heterocycles. The van der Waals surface area contributed by atoms with Crippen LogP contribution in [0.25, 0.3) is 17.5 Å². The molecule has 3 heterocycles. The summed E-state index contributed by atoms with van der Waals surface area (Å²) in [6.07, 6.45) is 6.32. The molecule has 4 rings (SSSR count). The van der Waals surface area contributed by atoms with Gasteiger partial charge in [-0.3, -0.25) is 4.79 Å². The van der Waals surface area contributed by atoms with Crippen LogP contribution in [0.4, 0.5) is 0 Å². The third kappa shape index (κ3) is 4.52. The van der Waals surface area contributed by atoms with E-state index >= 15 is 0 Å². The average Bonchev–Trinajstić information content (AvgIpc) is 3.39. The van der Waals surface area contributed by atoms with Crippen LogP contribution in [0.2, 0.25) is 0 Å². The second-order valence-electron chi connectivity index (χ2n) is 6.76. The van der Waals surface area contributed by atoms with E-state index in [0.29, 0.717) is 24.1 Å². The van der Waals surface area contributed by atoms with E-state index in [0.717, 1.165) is 37.1 Å². The quantitative estimate of drug-likeness (QED) is 0.621. The minimum Gasteiger partial charge on any atom is -0.339 e. The number of thiophene rings is 1. The first-order valence-electron chi connectivity index (χ1n) is 9.15. The summed E-state index contributed by atoms with van der Waals surface area (Å²) in [4.78, 5) is 18.9. The van der Waals surface area contributed by atoms with Crippen molar-refractivity contribution >= 4 is 23.3 Å². The summed E-state index contributed by atoms with van der Waals surface area (Å²) in [6, 6.07) is 11.9. The van der Waals surface area contributed by atoms with Crippen LogP contribution in [-0.4, -0.2) is 34.0 Å². The molecule has 0 bridgehead atoms. The van der Waals surface area contributed by atoms with Crippen molar-refractivity contribution in [3.8, 4) is 11.4 Å². The molecule has 0 saturated carbocycles. The molecule has 1 aliphatic rings. The fourth-order valence-corrected chi connectivity index (χ4v) is 4.00. The lowest BCUT2D eigenvalue weighted by molar-refractivity contribution is -0.127.